The summed E-state index contributed by atoms with van der Waals surface area (Å²) in [6.07, 6.45) is 16.0. The van der Waals surface area contributed by atoms with Gasteiger partial charge in [0.1, 0.15) is 0 Å². The van der Waals surface area contributed by atoms with Gasteiger partial charge in [-0.25, -0.2) is 0 Å². The maximum atomic E-state index is 6.11. The standard InChI is InChI=1S/C34H42O2/c1-3-5-7-12-25-35-32(36-26-13-8-6-4-2)18-11-9-10-15-27-19-20-30-22-21-28-16-14-17-29-23-24-31(27)34(30)33(28)29/h3-4,14,16-17,19-24,32H,1-2,5-13,15,18,25-26H2. The largest absolute Gasteiger partial charge is 0.353 e. The minimum Gasteiger partial charge on any atom is -0.353 e. The third-order valence-electron chi connectivity index (χ3n) is 7.22. The van der Waals surface area contributed by atoms with Gasteiger partial charge < -0.3 is 9.47 Å². The van der Waals surface area contributed by atoms with Gasteiger partial charge in [0.2, 0.25) is 0 Å². The summed E-state index contributed by atoms with van der Waals surface area (Å²) in [5.74, 6) is 0. The SMILES string of the molecule is C=CCCCCOC(CCCCCc1ccc2ccc3cccc4ccc1c2c34)OCCCCC=C. The van der Waals surface area contributed by atoms with Crippen molar-refractivity contribution in [3.05, 3.63) is 85.5 Å². The molecule has 2 heteroatoms. The van der Waals surface area contributed by atoms with E-state index < -0.39 is 0 Å². The van der Waals surface area contributed by atoms with Gasteiger partial charge in [-0.1, -0.05) is 73.2 Å². The van der Waals surface area contributed by atoms with Crippen molar-refractivity contribution in [1.29, 1.82) is 0 Å². The fraction of sp³-hybridized carbons (Fsp3) is 0.412. The maximum absolute atomic E-state index is 6.11. The minimum atomic E-state index is -0.0768. The second-order valence-corrected chi connectivity index (χ2v) is 9.92. The van der Waals surface area contributed by atoms with Crippen molar-refractivity contribution in [2.24, 2.45) is 0 Å². The molecule has 0 aliphatic rings. The Morgan fingerprint density at radius 1 is 0.611 bits per heavy atom. The zero-order valence-electron chi connectivity index (χ0n) is 21.9. The van der Waals surface area contributed by atoms with Crippen LogP contribution < -0.4 is 0 Å². The highest BCUT2D eigenvalue weighted by atomic mass is 16.7. The molecule has 2 nitrogen and oxygen atoms in total. The van der Waals surface area contributed by atoms with E-state index in [1.54, 1.807) is 0 Å². The van der Waals surface area contributed by atoms with Crippen molar-refractivity contribution in [2.75, 3.05) is 13.2 Å². The molecular formula is C34H42O2. The van der Waals surface area contributed by atoms with E-state index in [4.69, 9.17) is 9.47 Å². The van der Waals surface area contributed by atoms with Crippen LogP contribution in [0.3, 0.4) is 0 Å². The van der Waals surface area contributed by atoms with Gasteiger partial charge in [0.15, 0.2) is 6.29 Å². The summed E-state index contributed by atoms with van der Waals surface area (Å²) < 4.78 is 12.2. The Morgan fingerprint density at radius 2 is 1.22 bits per heavy atom. The van der Waals surface area contributed by atoms with E-state index in [2.05, 4.69) is 67.8 Å². The Hall–Kier alpha value is -2.68. The zero-order chi connectivity index (χ0) is 25.0. The number of rotatable bonds is 18. The normalized spacial score (nSPS) is 11.8. The highest BCUT2D eigenvalue weighted by molar-refractivity contribution is 6.23. The smallest absolute Gasteiger partial charge is 0.157 e. The lowest BCUT2D eigenvalue weighted by molar-refractivity contribution is -0.147. The lowest BCUT2D eigenvalue weighted by Gasteiger charge is -2.19. The Bertz CT molecular complexity index is 1190. The van der Waals surface area contributed by atoms with Crippen LogP contribution >= 0.6 is 0 Å². The van der Waals surface area contributed by atoms with E-state index in [0.717, 1.165) is 71.0 Å². The molecule has 4 aromatic rings. The molecular weight excluding hydrogens is 440 g/mol. The average Bonchev–Trinajstić information content (AvgIpc) is 2.91. The number of allylic oxidation sites excluding steroid dienone is 2. The van der Waals surface area contributed by atoms with Crippen LogP contribution in [-0.4, -0.2) is 19.5 Å². The quantitative estimate of drug-likeness (QED) is 0.0608. The van der Waals surface area contributed by atoms with E-state index in [9.17, 15) is 0 Å². The fourth-order valence-electron chi connectivity index (χ4n) is 5.24. The van der Waals surface area contributed by atoms with E-state index in [-0.39, 0.29) is 6.29 Å². The van der Waals surface area contributed by atoms with Crippen molar-refractivity contribution in [3.8, 4) is 0 Å². The van der Waals surface area contributed by atoms with Crippen LogP contribution in [0.2, 0.25) is 0 Å². The molecule has 0 radical (unpaired) electrons. The third-order valence-corrected chi connectivity index (χ3v) is 7.22. The molecule has 0 N–H and O–H groups in total. The molecule has 0 amide bonds. The first-order valence-corrected chi connectivity index (χ1v) is 13.9. The lowest BCUT2D eigenvalue weighted by Crippen LogP contribution is -2.19. The Morgan fingerprint density at radius 3 is 1.89 bits per heavy atom. The van der Waals surface area contributed by atoms with E-state index in [0.29, 0.717) is 0 Å². The Labute approximate surface area is 217 Å². The highest BCUT2D eigenvalue weighted by Crippen LogP contribution is 2.36. The third kappa shape index (κ3) is 6.96. The number of ether oxygens (including phenoxy) is 2. The van der Waals surface area contributed by atoms with Gasteiger partial charge in [-0.15, -0.1) is 13.2 Å². The molecule has 0 saturated carbocycles. The molecule has 0 heterocycles. The minimum absolute atomic E-state index is 0.0768. The van der Waals surface area contributed by atoms with Gasteiger partial charge in [-0.3, -0.25) is 0 Å². The van der Waals surface area contributed by atoms with Crippen molar-refractivity contribution in [1.82, 2.24) is 0 Å². The van der Waals surface area contributed by atoms with E-state index in [1.165, 1.54) is 50.7 Å². The molecule has 0 aliphatic heterocycles. The van der Waals surface area contributed by atoms with Crippen LogP contribution in [0.15, 0.2) is 79.9 Å². The van der Waals surface area contributed by atoms with Crippen LogP contribution in [0.25, 0.3) is 32.3 Å². The fourth-order valence-corrected chi connectivity index (χ4v) is 5.24. The van der Waals surface area contributed by atoms with Gasteiger partial charge >= 0.3 is 0 Å². The molecule has 0 fully saturated rings. The van der Waals surface area contributed by atoms with Gasteiger partial charge in [0, 0.05) is 13.2 Å². The molecule has 36 heavy (non-hydrogen) atoms. The summed E-state index contributed by atoms with van der Waals surface area (Å²) in [5, 5.41) is 8.27. The summed E-state index contributed by atoms with van der Waals surface area (Å²) in [4.78, 5) is 0. The van der Waals surface area contributed by atoms with Gasteiger partial charge in [-0.2, -0.15) is 0 Å². The summed E-state index contributed by atoms with van der Waals surface area (Å²) in [5.41, 5.74) is 1.47. The Balaban J connectivity index is 1.29. The van der Waals surface area contributed by atoms with E-state index >= 15 is 0 Å². The Kier molecular flexibility index (Phi) is 10.4. The van der Waals surface area contributed by atoms with Crippen molar-refractivity contribution < 1.29 is 9.47 Å². The number of hydrogen-bond donors (Lipinski definition) is 0. The lowest BCUT2D eigenvalue weighted by atomic mass is 9.90. The predicted octanol–water partition coefficient (Wildman–Crippen LogP) is 9.76. The molecule has 4 rings (SSSR count). The summed E-state index contributed by atoms with van der Waals surface area (Å²) >= 11 is 0. The van der Waals surface area contributed by atoms with Crippen LogP contribution in [0.5, 0.6) is 0 Å². The second kappa shape index (κ2) is 14.2. The molecule has 4 aromatic carbocycles. The first-order valence-electron chi connectivity index (χ1n) is 13.9. The van der Waals surface area contributed by atoms with Crippen LogP contribution in [-0.2, 0) is 15.9 Å². The van der Waals surface area contributed by atoms with Crippen LogP contribution in [0.4, 0.5) is 0 Å². The first kappa shape index (κ1) is 26.4. The van der Waals surface area contributed by atoms with Crippen molar-refractivity contribution in [3.63, 3.8) is 0 Å². The molecule has 0 atom stereocenters. The number of hydrogen-bond acceptors (Lipinski definition) is 2. The second-order valence-electron chi connectivity index (χ2n) is 9.92. The molecule has 0 aliphatic carbocycles. The summed E-state index contributed by atoms with van der Waals surface area (Å²) in [6.45, 7) is 9.15. The molecule has 0 spiro atoms. The number of benzene rings is 4. The van der Waals surface area contributed by atoms with Gasteiger partial charge in [0.05, 0.1) is 0 Å². The highest BCUT2D eigenvalue weighted by Gasteiger charge is 2.12. The van der Waals surface area contributed by atoms with Crippen LogP contribution in [0, 0.1) is 0 Å². The first-order chi connectivity index (χ1) is 17.8. The van der Waals surface area contributed by atoms with Crippen LogP contribution in [0.1, 0.15) is 69.8 Å². The zero-order valence-corrected chi connectivity index (χ0v) is 21.9. The van der Waals surface area contributed by atoms with Crippen molar-refractivity contribution >= 4 is 32.3 Å². The molecule has 190 valence electrons. The van der Waals surface area contributed by atoms with Gasteiger partial charge in [-0.05, 0) is 102 Å². The maximum Gasteiger partial charge on any atom is 0.157 e. The number of unbranched alkanes of at least 4 members (excludes halogenated alkanes) is 6. The van der Waals surface area contributed by atoms with E-state index in [1.807, 2.05) is 12.2 Å². The predicted molar refractivity (Wildman–Crippen MR) is 156 cm³/mol. The molecule has 0 unspecified atom stereocenters. The molecule has 0 bridgehead atoms. The van der Waals surface area contributed by atoms with Gasteiger partial charge in [0.25, 0.3) is 0 Å². The monoisotopic (exact) mass is 482 g/mol. The summed E-state index contributed by atoms with van der Waals surface area (Å²) in [7, 11) is 0. The number of aryl methyl sites for hydroxylation is 1. The van der Waals surface area contributed by atoms with Crippen molar-refractivity contribution in [2.45, 2.75) is 76.9 Å². The average molecular weight is 483 g/mol. The topological polar surface area (TPSA) is 18.5 Å². The molecule has 0 saturated heterocycles. The molecule has 0 aromatic heterocycles. The summed E-state index contributed by atoms with van der Waals surface area (Å²) in [6, 6.07) is 20.4.